The first-order valence-electron chi connectivity index (χ1n) is 10.6. The SMILES string of the molecule is CCCc1nc(N2CCN(C(=O)C3CC3)CC2)c2c3c(sc2n1)CCCC3. The van der Waals surface area contributed by atoms with Crippen LogP contribution in [0.3, 0.4) is 0 Å². The molecule has 144 valence electrons. The number of anilines is 1. The summed E-state index contributed by atoms with van der Waals surface area (Å²) in [5, 5.41) is 1.32. The van der Waals surface area contributed by atoms with Crippen LogP contribution in [0.25, 0.3) is 10.2 Å². The van der Waals surface area contributed by atoms with Gasteiger partial charge in [-0.2, -0.15) is 0 Å². The van der Waals surface area contributed by atoms with E-state index in [0.717, 1.165) is 63.5 Å². The molecule has 1 aliphatic heterocycles. The van der Waals surface area contributed by atoms with Gasteiger partial charge in [-0.1, -0.05) is 6.92 Å². The molecular formula is C21H28N4OS. The van der Waals surface area contributed by atoms with E-state index in [1.807, 2.05) is 11.3 Å². The summed E-state index contributed by atoms with van der Waals surface area (Å²) in [6.07, 6.45) is 9.12. The van der Waals surface area contributed by atoms with Crippen molar-refractivity contribution in [3.63, 3.8) is 0 Å². The van der Waals surface area contributed by atoms with Gasteiger partial charge in [0.1, 0.15) is 16.5 Å². The molecule has 2 aliphatic carbocycles. The number of rotatable bonds is 4. The number of carbonyl (C=O) groups excluding carboxylic acids is 1. The number of fused-ring (bicyclic) bond motifs is 3. The molecule has 1 amide bonds. The van der Waals surface area contributed by atoms with Gasteiger partial charge in [0.05, 0.1) is 5.39 Å². The van der Waals surface area contributed by atoms with Gasteiger partial charge in [0.25, 0.3) is 0 Å². The maximum Gasteiger partial charge on any atom is 0.225 e. The Morgan fingerprint density at radius 1 is 1.11 bits per heavy atom. The van der Waals surface area contributed by atoms with Gasteiger partial charge in [-0.25, -0.2) is 9.97 Å². The van der Waals surface area contributed by atoms with Gasteiger partial charge in [-0.3, -0.25) is 4.79 Å². The molecule has 3 aliphatic rings. The zero-order valence-corrected chi connectivity index (χ0v) is 17.0. The molecule has 0 spiro atoms. The lowest BCUT2D eigenvalue weighted by atomic mass is 9.97. The summed E-state index contributed by atoms with van der Waals surface area (Å²) in [6, 6.07) is 0. The predicted octanol–water partition coefficient (Wildman–Crippen LogP) is 3.58. The average molecular weight is 385 g/mol. The van der Waals surface area contributed by atoms with E-state index in [1.54, 1.807) is 0 Å². The Morgan fingerprint density at radius 3 is 2.63 bits per heavy atom. The van der Waals surface area contributed by atoms with E-state index >= 15 is 0 Å². The highest BCUT2D eigenvalue weighted by molar-refractivity contribution is 7.19. The highest BCUT2D eigenvalue weighted by Crippen LogP contribution is 2.40. The van der Waals surface area contributed by atoms with E-state index in [1.165, 1.54) is 46.3 Å². The molecule has 0 bridgehead atoms. The van der Waals surface area contributed by atoms with E-state index in [9.17, 15) is 4.79 Å². The predicted molar refractivity (Wildman–Crippen MR) is 110 cm³/mol. The third kappa shape index (κ3) is 3.22. The van der Waals surface area contributed by atoms with Crippen LogP contribution in [0.4, 0.5) is 5.82 Å². The van der Waals surface area contributed by atoms with Crippen molar-refractivity contribution in [1.29, 1.82) is 0 Å². The molecule has 5 nitrogen and oxygen atoms in total. The molecular weight excluding hydrogens is 356 g/mol. The number of aromatic nitrogens is 2. The summed E-state index contributed by atoms with van der Waals surface area (Å²) < 4.78 is 0. The van der Waals surface area contributed by atoms with Crippen molar-refractivity contribution in [3.8, 4) is 0 Å². The monoisotopic (exact) mass is 384 g/mol. The van der Waals surface area contributed by atoms with Gasteiger partial charge >= 0.3 is 0 Å². The molecule has 6 heteroatoms. The molecule has 0 radical (unpaired) electrons. The van der Waals surface area contributed by atoms with Crippen LogP contribution in [0.15, 0.2) is 0 Å². The van der Waals surface area contributed by atoms with E-state index in [-0.39, 0.29) is 0 Å². The summed E-state index contributed by atoms with van der Waals surface area (Å²) in [4.78, 5) is 29.5. The minimum absolute atomic E-state index is 0.322. The summed E-state index contributed by atoms with van der Waals surface area (Å²) in [6.45, 7) is 5.63. The summed E-state index contributed by atoms with van der Waals surface area (Å²) in [7, 11) is 0. The first kappa shape index (κ1) is 17.4. The fraction of sp³-hybridized carbons (Fsp3) is 0.667. The van der Waals surface area contributed by atoms with Gasteiger partial charge in [0.15, 0.2) is 0 Å². The van der Waals surface area contributed by atoms with Crippen LogP contribution in [-0.2, 0) is 24.1 Å². The van der Waals surface area contributed by atoms with Crippen LogP contribution in [0.1, 0.15) is 55.3 Å². The summed E-state index contributed by atoms with van der Waals surface area (Å²) >= 11 is 1.89. The number of hydrogen-bond donors (Lipinski definition) is 0. The molecule has 27 heavy (non-hydrogen) atoms. The first-order valence-corrected chi connectivity index (χ1v) is 11.4. The molecule has 2 aromatic rings. The quantitative estimate of drug-likeness (QED) is 0.808. The number of thiophene rings is 1. The Balaban J connectivity index is 1.47. The molecule has 3 heterocycles. The molecule has 0 aromatic carbocycles. The maximum atomic E-state index is 12.4. The molecule has 5 rings (SSSR count). The number of hydrogen-bond acceptors (Lipinski definition) is 5. The van der Waals surface area contributed by atoms with Crippen LogP contribution < -0.4 is 4.90 Å². The van der Waals surface area contributed by atoms with Crippen molar-refractivity contribution in [2.75, 3.05) is 31.1 Å². The van der Waals surface area contributed by atoms with Gasteiger partial charge in [0.2, 0.25) is 5.91 Å². The van der Waals surface area contributed by atoms with Crippen LogP contribution in [0, 0.1) is 5.92 Å². The number of carbonyl (C=O) groups is 1. The average Bonchev–Trinajstić information content (AvgIpc) is 3.48. The third-order valence-electron chi connectivity index (χ3n) is 6.13. The number of amides is 1. The first-order chi connectivity index (χ1) is 13.2. The Labute approximate surface area is 164 Å². The molecule has 1 saturated carbocycles. The largest absolute Gasteiger partial charge is 0.352 e. The normalized spacial score (nSPS) is 20.2. The van der Waals surface area contributed by atoms with Crippen molar-refractivity contribution < 1.29 is 4.79 Å². The minimum atomic E-state index is 0.322. The van der Waals surface area contributed by atoms with E-state index in [0.29, 0.717) is 11.8 Å². The standard InChI is InChI=1S/C21H28N4OS/c1-2-5-17-22-19(18-15-6-3-4-7-16(15)27-20(18)23-17)24-10-12-25(13-11-24)21(26)14-8-9-14/h14H,2-13H2,1H3. The van der Waals surface area contributed by atoms with Gasteiger partial charge < -0.3 is 9.80 Å². The lowest BCUT2D eigenvalue weighted by Crippen LogP contribution is -2.49. The van der Waals surface area contributed by atoms with E-state index in [4.69, 9.17) is 9.97 Å². The fourth-order valence-corrected chi connectivity index (χ4v) is 5.75. The van der Waals surface area contributed by atoms with Crippen molar-refractivity contribution in [3.05, 3.63) is 16.3 Å². The highest BCUT2D eigenvalue weighted by atomic mass is 32.1. The zero-order chi connectivity index (χ0) is 18.4. The molecule has 1 saturated heterocycles. The fourth-order valence-electron chi connectivity index (χ4n) is 4.47. The van der Waals surface area contributed by atoms with Crippen LogP contribution in [-0.4, -0.2) is 47.0 Å². The van der Waals surface area contributed by atoms with Crippen LogP contribution in [0.5, 0.6) is 0 Å². The van der Waals surface area contributed by atoms with E-state index in [2.05, 4.69) is 16.7 Å². The second kappa shape index (κ2) is 7.04. The minimum Gasteiger partial charge on any atom is -0.352 e. The second-order valence-electron chi connectivity index (χ2n) is 8.19. The van der Waals surface area contributed by atoms with Gasteiger partial charge in [-0.15, -0.1) is 11.3 Å². The molecule has 0 atom stereocenters. The zero-order valence-electron chi connectivity index (χ0n) is 16.2. The molecule has 0 N–H and O–H groups in total. The number of nitrogens with zero attached hydrogens (tertiary/aromatic N) is 4. The van der Waals surface area contributed by atoms with Crippen molar-refractivity contribution >= 4 is 33.3 Å². The van der Waals surface area contributed by atoms with Crippen LogP contribution in [0.2, 0.25) is 0 Å². The van der Waals surface area contributed by atoms with Crippen molar-refractivity contribution in [2.24, 2.45) is 5.92 Å². The lowest BCUT2D eigenvalue weighted by Gasteiger charge is -2.36. The number of piperazine rings is 1. The Kier molecular flexibility index (Phi) is 4.54. The Hall–Kier alpha value is -1.69. The molecule has 0 unspecified atom stereocenters. The van der Waals surface area contributed by atoms with Crippen molar-refractivity contribution in [1.82, 2.24) is 14.9 Å². The number of aryl methyl sites for hydroxylation is 3. The third-order valence-corrected chi connectivity index (χ3v) is 7.32. The lowest BCUT2D eigenvalue weighted by molar-refractivity contribution is -0.132. The summed E-state index contributed by atoms with van der Waals surface area (Å²) in [5.74, 6) is 2.82. The van der Waals surface area contributed by atoms with Crippen LogP contribution >= 0.6 is 11.3 Å². The van der Waals surface area contributed by atoms with Gasteiger partial charge in [0, 0.05) is 43.4 Å². The van der Waals surface area contributed by atoms with Crippen molar-refractivity contribution in [2.45, 2.75) is 58.3 Å². The second-order valence-corrected chi connectivity index (χ2v) is 9.27. The maximum absolute atomic E-state index is 12.4. The smallest absolute Gasteiger partial charge is 0.225 e. The van der Waals surface area contributed by atoms with E-state index < -0.39 is 0 Å². The highest BCUT2D eigenvalue weighted by Gasteiger charge is 2.35. The topological polar surface area (TPSA) is 49.3 Å². The van der Waals surface area contributed by atoms with Gasteiger partial charge in [-0.05, 0) is 50.5 Å². The molecule has 2 aromatic heterocycles. The molecule has 2 fully saturated rings. The summed E-state index contributed by atoms with van der Waals surface area (Å²) in [5.41, 5.74) is 1.51. The Morgan fingerprint density at radius 2 is 1.89 bits per heavy atom. The Bertz CT molecular complexity index is 865.